The third-order valence-corrected chi connectivity index (χ3v) is 8.65. The van der Waals surface area contributed by atoms with E-state index in [1.807, 2.05) is 0 Å². The lowest BCUT2D eigenvalue weighted by Gasteiger charge is -2.18. The van der Waals surface area contributed by atoms with Gasteiger partial charge in [0.15, 0.2) is 6.10 Å². The number of unbranched alkanes of at least 4 members (excludes halogenated alkanes) is 19. The first-order valence-corrected chi connectivity index (χ1v) is 18.9. The maximum absolute atomic E-state index is 12.6. The highest BCUT2D eigenvalue weighted by Gasteiger charge is 2.19. The summed E-state index contributed by atoms with van der Waals surface area (Å²) in [5, 5.41) is 0. The van der Waals surface area contributed by atoms with Gasteiger partial charge in [0.2, 0.25) is 0 Å². The van der Waals surface area contributed by atoms with E-state index in [4.69, 9.17) is 14.2 Å². The van der Waals surface area contributed by atoms with Gasteiger partial charge in [-0.1, -0.05) is 163 Å². The van der Waals surface area contributed by atoms with E-state index in [9.17, 15) is 14.4 Å². The third kappa shape index (κ3) is 30.4. The first kappa shape index (κ1) is 42.4. The summed E-state index contributed by atoms with van der Waals surface area (Å²) in [5.74, 6) is -0.0187. The van der Waals surface area contributed by atoms with Crippen LogP contribution in [0.3, 0.4) is 0 Å². The van der Waals surface area contributed by atoms with Crippen LogP contribution in [0.5, 0.6) is 0 Å². The Morgan fingerprint density at radius 3 is 1.18 bits per heavy atom. The predicted octanol–water partition coefficient (Wildman–Crippen LogP) is 11.2. The number of carbonyl (C=O) groups excluding carboxylic acids is 3. The molecule has 6 nitrogen and oxygen atoms in total. The van der Waals surface area contributed by atoms with E-state index >= 15 is 0 Å². The summed E-state index contributed by atoms with van der Waals surface area (Å²) in [6, 6.07) is 0. The van der Waals surface area contributed by atoms with Crippen LogP contribution in [0.25, 0.3) is 0 Å². The van der Waals surface area contributed by atoms with Gasteiger partial charge in [0, 0.05) is 19.3 Å². The van der Waals surface area contributed by atoms with Crippen LogP contribution < -0.4 is 0 Å². The second kappa shape index (κ2) is 32.8. The molecule has 0 amide bonds. The van der Waals surface area contributed by atoms with Crippen molar-refractivity contribution in [3.63, 3.8) is 0 Å². The highest BCUT2D eigenvalue weighted by atomic mass is 16.6. The molecule has 0 aromatic carbocycles. The Morgan fingerprint density at radius 2 is 0.795 bits per heavy atom. The highest BCUT2D eigenvalue weighted by molar-refractivity contribution is 5.71. The van der Waals surface area contributed by atoms with Crippen LogP contribution in [-0.2, 0) is 28.6 Å². The van der Waals surface area contributed by atoms with Crippen molar-refractivity contribution in [2.45, 2.75) is 207 Å². The average molecular weight is 625 g/mol. The van der Waals surface area contributed by atoms with Gasteiger partial charge in [-0.25, -0.2) is 0 Å². The van der Waals surface area contributed by atoms with Gasteiger partial charge in [-0.15, -0.1) is 0 Å². The van der Waals surface area contributed by atoms with E-state index in [0.717, 1.165) is 70.1 Å². The zero-order valence-electron chi connectivity index (χ0n) is 29.6. The standard InChI is InChI=1S/C38H72O6/c1-5-8-10-12-17-22-26-30-37(40)43-33-35(32-42-36(39)29-25-20-11-9-6-2)44-38(41)31-27-23-19-16-14-13-15-18-21-24-28-34(4)7-3/h34-35H,5-33H2,1-4H3/t34?,35-/m0/s1. The number of hydrogen-bond donors (Lipinski definition) is 0. The van der Waals surface area contributed by atoms with Crippen LogP contribution in [-0.4, -0.2) is 37.2 Å². The van der Waals surface area contributed by atoms with Crippen LogP contribution >= 0.6 is 0 Å². The third-order valence-electron chi connectivity index (χ3n) is 8.65. The van der Waals surface area contributed by atoms with Gasteiger partial charge in [0.05, 0.1) is 0 Å². The van der Waals surface area contributed by atoms with Gasteiger partial charge in [-0.05, 0) is 25.2 Å². The zero-order chi connectivity index (χ0) is 32.5. The smallest absolute Gasteiger partial charge is 0.306 e. The molecule has 0 aromatic heterocycles. The van der Waals surface area contributed by atoms with E-state index in [1.165, 1.54) is 89.9 Å². The van der Waals surface area contributed by atoms with Gasteiger partial charge in [0.25, 0.3) is 0 Å². The van der Waals surface area contributed by atoms with E-state index in [0.29, 0.717) is 19.3 Å². The molecule has 0 bridgehead atoms. The Hall–Kier alpha value is -1.59. The molecule has 2 atom stereocenters. The molecule has 0 aromatic rings. The molecule has 0 N–H and O–H groups in total. The van der Waals surface area contributed by atoms with Crippen molar-refractivity contribution < 1.29 is 28.6 Å². The van der Waals surface area contributed by atoms with E-state index < -0.39 is 6.10 Å². The van der Waals surface area contributed by atoms with Gasteiger partial charge < -0.3 is 14.2 Å². The second-order valence-corrected chi connectivity index (χ2v) is 13.1. The maximum atomic E-state index is 12.6. The van der Waals surface area contributed by atoms with E-state index in [-0.39, 0.29) is 31.1 Å². The first-order chi connectivity index (χ1) is 21.4. The lowest BCUT2D eigenvalue weighted by Crippen LogP contribution is -2.30. The Balaban J connectivity index is 4.24. The summed E-state index contributed by atoms with van der Waals surface area (Å²) < 4.78 is 16.4. The summed E-state index contributed by atoms with van der Waals surface area (Å²) in [6.07, 6.45) is 28.3. The van der Waals surface area contributed by atoms with Crippen LogP contribution in [0.15, 0.2) is 0 Å². The molecule has 44 heavy (non-hydrogen) atoms. The molecule has 0 fully saturated rings. The molecular weight excluding hydrogens is 552 g/mol. The number of rotatable bonds is 33. The molecule has 0 spiro atoms. The number of ether oxygens (including phenoxy) is 3. The van der Waals surface area contributed by atoms with Crippen LogP contribution in [0.4, 0.5) is 0 Å². The molecular formula is C38H72O6. The van der Waals surface area contributed by atoms with Crippen molar-refractivity contribution in [3.8, 4) is 0 Å². The maximum Gasteiger partial charge on any atom is 0.306 e. The van der Waals surface area contributed by atoms with Crippen molar-refractivity contribution in [2.75, 3.05) is 13.2 Å². The molecule has 0 saturated heterocycles. The lowest BCUT2D eigenvalue weighted by atomic mass is 9.99. The molecule has 260 valence electrons. The zero-order valence-corrected chi connectivity index (χ0v) is 29.6. The SMILES string of the molecule is CCCCCCCCCC(=O)OC[C@H](COC(=O)CCCCCCC)OC(=O)CCCCCCCCCCCCC(C)CC. The van der Waals surface area contributed by atoms with Gasteiger partial charge in [-0.2, -0.15) is 0 Å². The molecule has 1 unspecified atom stereocenters. The largest absolute Gasteiger partial charge is 0.462 e. The summed E-state index contributed by atoms with van der Waals surface area (Å²) in [5.41, 5.74) is 0. The summed E-state index contributed by atoms with van der Waals surface area (Å²) >= 11 is 0. The van der Waals surface area contributed by atoms with Gasteiger partial charge in [0.1, 0.15) is 13.2 Å². The molecule has 0 saturated carbocycles. The molecule has 0 aliphatic carbocycles. The van der Waals surface area contributed by atoms with Crippen molar-refractivity contribution in [2.24, 2.45) is 5.92 Å². The number of carbonyl (C=O) groups is 3. The van der Waals surface area contributed by atoms with Crippen molar-refractivity contribution in [3.05, 3.63) is 0 Å². The second-order valence-electron chi connectivity index (χ2n) is 13.1. The topological polar surface area (TPSA) is 78.9 Å². The lowest BCUT2D eigenvalue weighted by molar-refractivity contribution is -0.167. The molecule has 0 aliphatic heterocycles. The number of esters is 3. The van der Waals surface area contributed by atoms with Crippen molar-refractivity contribution >= 4 is 17.9 Å². The fourth-order valence-corrected chi connectivity index (χ4v) is 5.36. The molecule has 6 heteroatoms. The Kier molecular flexibility index (Phi) is 31.6. The summed E-state index contributed by atoms with van der Waals surface area (Å²) in [7, 11) is 0. The predicted molar refractivity (Wildman–Crippen MR) is 183 cm³/mol. The minimum absolute atomic E-state index is 0.0670. The minimum Gasteiger partial charge on any atom is -0.462 e. The average Bonchev–Trinajstić information content (AvgIpc) is 3.02. The normalized spacial score (nSPS) is 12.5. The van der Waals surface area contributed by atoms with Gasteiger partial charge >= 0.3 is 17.9 Å². The summed E-state index contributed by atoms with van der Waals surface area (Å²) in [4.78, 5) is 37.1. The first-order valence-electron chi connectivity index (χ1n) is 18.9. The van der Waals surface area contributed by atoms with Crippen molar-refractivity contribution in [1.82, 2.24) is 0 Å². The minimum atomic E-state index is -0.755. The van der Waals surface area contributed by atoms with Crippen LogP contribution in [0.1, 0.15) is 201 Å². The molecule has 0 radical (unpaired) electrons. The molecule has 0 rings (SSSR count). The van der Waals surface area contributed by atoms with Crippen LogP contribution in [0, 0.1) is 5.92 Å². The van der Waals surface area contributed by atoms with Crippen LogP contribution in [0.2, 0.25) is 0 Å². The summed E-state index contributed by atoms with van der Waals surface area (Å²) in [6.45, 7) is 8.86. The fourth-order valence-electron chi connectivity index (χ4n) is 5.36. The highest BCUT2D eigenvalue weighted by Crippen LogP contribution is 2.16. The van der Waals surface area contributed by atoms with E-state index in [2.05, 4.69) is 27.7 Å². The van der Waals surface area contributed by atoms with Crippen molar-refractivity contribution in [1.29, 1.82) is 0 Å². The van der Waals surface area contributed by atoms with E-state index in [1.54, 1.807) is 0 Å². The Bertz CT molecular complexity index is 664. The monoisotopic (exact) mass is 625 g/mol. The Labute approximate surface area is 272 Å². The molecule has 0 heterocycles. The quantitative estimate of drug-likeness (QED) is 0.0410. The fraction of sp³-hybridized carbons (Fsp3) is 0.921. The molecule has 0 aliphatic rings. The van der Waals surface area contributed by atoms with Gasteiger partial charge in [-0.3, -0.25) is 14.4 Å². The Morgan fingerprint density at radius 1 is 0.455 bits per heavy atom. The number of hydrogen-bond acceptors (Lipinski definition) is 6.